The maximum absolute atomic E-state index is 14.8. The molecule has 2 aliphatic rings. The van der Waals surface area contributed by atoms with Gasteiger partial charge in [-0.3, -0.25) is 9.69 Å². The van der Waals surface area contributed by atoms with Crippen molar-refractivity contribution in [1.29, 1.82) is 0 Å². The van der Waals surface area contributed by atoms with Crippen LogP contribution in [-0.2, 0) is 0 Å². The van der Waals surface area contributed by atoms with Crippen molar-refractivity contribution in [2.75, 3.05) is 42.5 Å². The van der Waals surface area contributed by atoms with Gasteiger partial charge in [-0.2, -0.15) is 0 Å². The molecular formula is C23H28FN5O2. The van der Waals surface area contributed by atoms with Gasteiger partial charge in [0.25, 0.3) is 5.91 Å². The molecule has 0 aliphatic carbocycles. The third-order valence-electron chi connectivity index (χ3n) is 6.17. The Balaban J connectivity index is 1.45. The van der Waals surface area contributed by atoms with Gasteiger partial charge in [0.1, 0.15) is 11.6 Å². The molecule has 1 aromatic heterocycles. The van der Waals surface area contributed by atoms with Gasteiger partial charge >= 0.3 is 6.03 Å². The highest BCUT2D eigenvalue weighted by Gasteiger charge is 2.30. The molecule has 2 aliphatic heterocycles. The Morgan fingerprint density at radius 2 is 1.81 bits per heavy atom. The Labute approximate surface area is 181 Å². The van der Waals surface area contributed by atoms with E-state index in [2.05, 4.69) is 16.3 Å². The van der Waals surface area contributed by atoms with Crippen molar-refractivity contribution in [2.45, 2.75) is 33.7 Å². The molecular weight excluding hydrogens is 397 g/mol. The topological polar surface area (TPSA) is 68.8 Å². The zero-order valence-corrected chi connectivity index (χ0v) is 18.4. The Morgan fingerprint density at radius 3 is 2.42 bits per heavy atom. The first-order valence-electron chi connectivity index (χ1n) is 10.6. The average molecular weight is 426 g/mol. The van der Waals surface area contributed by atoms with E-state index in [9.17, 15) is 14.0 Å². The van der Waals surface area contributed by atoms with Crippen LogP contribution in [0.25, 0.3) is 0 Å². The zero-order valence-electron chi connectivity index (χ0n) is 18.4. The van der Waals surface area contributed by atoms with Gasteiger partial charge in [-0.25, -0.2) is 14.2 Å². The molecule has 0 spiro atoms. The van der Waals surface area contributed by atoms with Gasteiger partial charge in [-0.1, -0.05) is 6.07 Å². The number of halogens is 1. The Morgan fingerprint density at radius 1 is 1.10 bits per heavy atom. The molecule has 7 nitrogen and oxygen atoms in total. The molecule has 2 fully saturated rings. The van der Waals surface area contributed by atoms with Crippen LogP contribution >= 0.6 is 0 Å². The number of benzene rings is 1. The van der Waals surface area contributed by atoms with Crippen LogP contribution in [0, 0.1) is 26.6 Å². The number of amides is 3. The Hall–Kier alpha value is -3.16. The fraction of sp³-hybridized carbons (Fsp3) is 0.435. The third kappa shape index (κ3) is 3.94. The van der Waals surface area contributed by atoms with E-state index in [1.165, 1.54) is 17.0 Å². The number of carbonyl (C=O) groups is 2. The quantitative estimate of drug-likeness (QED) is 0.821. The molecule has 1 atom stereocenters. The van der Waals surface area contributed by atoms with Crippen LogP contribution in [0.2, 0.25) is 0 Å². The molecule has 31 heavy (non-hydrogen) atoms. The predicted molar refractivity (Wildman–Crippen MR) is 118 cm³/mol. The Kier molecular flexibility index (Phi) is 5.56. The summed E-state index contributed by atoms with van der Waals surface area (Å²) in [5.41, 5.74) is 3.77. The van der Waals surface area contributed by atoms with Crippen LogP contribution in [-0.4, -0.2) is 60.6 Å². The molecule has 1 N–H and O–H groups in total. The summed E-state index contributed by atoms with van der Waals surface area (Å²) >= 11 is 0. The van der Waals surface area contributed by atoms with Gasteiger partial charge in [-0.15, -0.1) is 0 Å². The third-order valence-corrected chi connectivity index (χ3v) is 6.17. The molecule has 8 heteroatoms. The normalized spacial score (nSPS) is 19.1. The summed E-state index contributed by atoms with van der Waals surface area (Å²) in [7, 11) is 0. The Bertz CT molecular complexity index is 1030. The number of anilines is 2. The summed E-state index contributed by atoms with van der Waals surface area (Å²) in [6.45, 7) is 10.8. The van der Waals surface area contributed by atoms with Crippen LogP contribution in [0.4, 0.5) is 20.7 Å². The standard InChI is InChI=1S/C23H28FN5O2/c1-14-11-15(2)21(26-17(14)4)27-7-9-28(10-8-27)22(30)19-6-5-18(12-20(19)24)29-16(3)13-25-23(29)31/h5-6,11-12,16H,7-10,13H2,1-4H3,(H,25,31). The lowest BCUT2D eigenvalue weighted by molar-refractivity contribution is 0.0742. The van der Waals surface area contributed by atoms with Gasteiger partial charge < -0.3 is 15.1 Å². The number of pyridine rings is 1. The average Bonchev–Trinajstić information content (AvgIpc) is 3.08. The summed E-state index contributed by atoms with van der Waals surface area (Å²) in [6.07, 6.45) is 0. The highest BCUT2D eigenvalue weighted by molar-refractivity contribution is 5.97. The minimum atomic E-state index is -0.608. The molecule has 1 unspecified atom stereocenters. The predicted octanol–water partition coefficient (Wildman–Crippen LogP) is 3.03. The summed E-state index contributed by atoms with van der Waals surface area (Å²) in [6, 6.07) is 6.20. The summed E-state index contributed by atoms with van der Waals surface area (Å²) in [5.74, 6) is 0.0135. The molecule has 3 heterocycles. The van der Waals surface area contributed by atoms with Crippen LogP contribution in [0.1, 0.15) is 34.1 Å². The van der Waals surface area contributed by atoms with E-state index in [0.29, 0.717) is 38.4 Å². The number of carbonyl (C=O) groups excluding carboxylic acids is 2. The zero-order chi connectivity index (χ0) is 22.3. The number of aryl methyl sites for hydroxylation is 3. The molecule has 0 bridgehead atoms. The maximum atomic E-state index is 14.8. The number of rotatable bonds is 3. The van der Waals surface area contributed by atoms with E-state index in [1.54, 1.807) is 11.0 Å². The number of piperazine rings is 1. The van der Waals surface area contributed by atoms with Crippen LogP contribution in [0.5, 0.6) is 0 Å². The van der Waals surface area contributed by atoms with E-state index in [1.807, 2.05) is 27.7 Å². The number of aromatic nitrogens is 1. The van der Waals surface area contributed by atoms with Crippen molar-refractivity contribution < 1.29 is 14.0 Å². The van der Waals surface area contributed by atoms with Gasteiger partial charge in [0.15, 0.2) is 0 Å². The van der Waals surface area contributed by atoms with Gasteiger partial charge in [0.2, 0.25) is 0 Å². The lowest BCUT2D eigenvalue weighted by atomic mass is 10.1. The minimum Gasteiger partial charge on any atom is -0.353 e. The lowest BCUT2D eigenvalue weighted by Gasteiger charge is -2.36. The first-order chi connectivity index (χ1) is 14.8. The van der Waals surface area contributed by atoms with Crippen LogP contribution in [0.15, 0.2) is 24.3 Å². The van der Waals surface area contributed by atoms with Crippen molar-refractivity contribution in [2.24, 2.45) is 0 Å². The second-order valence-electron chi connectivity index (χ2n) is 8.38. The van der Waals surface area contributed by atoms with Gasteiger partial charge in [0, 0.05) is 44.1 Å². The molecule has 4 rings (SSSR count). The molecule has 0 radical (unpaired) electrons. The van der Waals surface area contributed by atoms with Gasteiger partial charge in [-0.05, 0) is 57.0 Å². The van der Waals surface area contributed by atoms with Crippen LogP contribution in [0.3, 0.4) is 0 Å². The molecule has 2 saturated heterocycles. The number of hydrogen-bond donors (Lipinski definition) is 1. The minimum absolute atomic E-state index is 0.0324. The summed E-state index contributed by atoms with van der Waals surface area (Å²) in [5, 5.41) is 2.73. The lowest BCUT2D eigenvalue weighted by Crippen LogP contribution is -2.49. The highest BCUT2D eigenvalue weighted by atomic mass is 19.1. The number of nitrogens with zero attached hydrogens (tertiary/aromatic N) is 4. The molecule has 164 valence electrons. The van der Waals surface area contributed by atoms with Crippen molar-refractivity contribution in [3.8, 4) is 0 Å². The number of hydrogen-bond acceptors (Lipinski definition) is 4. The molecule has 2 aromatic rings. The number of nitrogens with one attached hydrogen (secondary N) is 1. The van der Waals surface area contributed by atoms with E-state index in [4.69, 9.17) is 4.98 Å². The van der Waals surface area contributed by atoms with Crippen molar-refractivity contribution in [1.82, 2.24) is 15.2 Å². The number of urea groups is 1. The molecule has 1 aromatic carbocycles. The van der Waals surface area contributed by atoms with Gasteiger partial charge in [0.05, 0.1) is 11.6 Å². The fourth-order valence-corrected chi connectivity index (χ4v) is 4.25. The largest absolute Gasteiger partial charge is 0.353 e. The molecule has 3 amide bonds. The second kappa shape index (κ2) is 8.17. The highest BCUT2D eigenvalue weighted by Crippen LogP contribution is 2.25. The monoisotopic (exact) mass is 425 g/mol. The second-order valence-corrected chi connectivity index (χ2v) is 8.38. The van der Waals surface area contributed by atoms with Crippen molar-refractivity contribution in [3.63, 3.8) is 0 Å². The van der Waals surface area contributed by atoms with E-state index < -0.39 is 5.82 Å². The fourth-order valence-electron chi connectivity index (χ4n) is 4.25. The van der Waals surface area contributed by atoms with Crippen molar-refractivity contribution in [3.05, 3.63) is 52.5 Å². The van der Waals surface area contributed by atoms with Crippen molar-refractivity contribution >= 4 is 23.4 Å². The first-order valence-corrected chi connectivity index (χ1v) is 10.6. The smallest absolute Gasteiger partial charge is 0.322 e. The van der Waals surface area contributed by atoms with E-state index in [0.717, 1.165) is 22.6 Å². The molecule has 0 saturated carbocycles. The maximum Gasteiger partial charge on any atom is 0.322 e. The SMILES string of the molecule is Cc1cc(C)c(N2CCN(C(=O)c3ccc(N4C(=O)NCC4C)cc3F)CC2)nc1C. The summed E-state index contributed by atoms with van der Waals surface area (Å²) in [4.78, 5) is 35.0. The van der Waals surface area contributed by atoms with Crippen LogP contribution < -0.4 is 15.1 Å². The summed E-state index contributed by atoms with van der Waals surface area (Å²) < 4.78 is 14.8. The van der Waals surface area contributed by atoms with E-state index in [-0.39, 0.29) is 23.5 Å². The first kappa shape index (κ1) is 21.1. The van der Waals surface area contributed by atoms with E-state index >= 15 is 0 Å².